The monoisotopic (exact) mass is 599 g/mol. The van der Waals surface area contributed by atoms with E-state index in [1.54, 1.807) is 39.6 Å². The minimum atomic E-state index is -0.434. The molecule has 0 unspecified atom stereocenters. The number of fused-ring (bicyclic) bond motifs is 1. The molecule has 0 spiro atoms. The number of carbonyl (C=O) groups is 1. The second-order valence-electron chi connectivity index (χ2n) is 10.1. The van der Waals surface area contributed by atoms with Gasteiger partial charge in [-0.3, -0.25) is 9.55 Å². The molecule has 44 heavy (non-hydrogen) atoms. The summed E-state index contributed by atoms with van der Waals surface area (Å²) in [6.45, 7) is 4.56. The Morgan fingerprint density at radius 1 is 1.00 bits per heavy atom. The van der Waals surface area contributed by atoms with E-state index in [-0.39, 0.29) is 26.4 Å². The molecule has 0 aliphatic carbocycles. The van der Waals surface area contributed by atoms with Crippen LogP contribution >= 0.6 is 0 Å². The molecule has 10 heteroatoms. The van der Waals surface area contributed by atoms with Crippen molar-refractivity contribution in [1.29, 1.82) is 0 Å². The smallest absolute Gasteiger partial charge is 0.334 e. The Hall–Kier alpha value is -4.99. The van der Waals surface area contributed by atoms with E-state index >= 15 is 0 Å². The van der Waals surface area contributed by atoms with Crippen molar-refractivity contribution in [3.63, 3.8) is 0 Å². The van der Waals surface area contributed by atoms with Gasteiger partial charge in [0.15, 0.2) is 11.5 Å². The van der Waals surface area contributed by atoms with Crippen LogP contribution in [0.5, 0.6) is 28.7 Å². The molecule has 230 valence electrons. The zero-order valence-electron chi connectivity index (χ0n) is 25.5. The summed E-state index contributed by atoms with van der Waals surface area (Å²) in [7, 11) is 3.20. The standard InChI is InChI=1S/C34H37N3O7/c1-5-7-11-33-36-20-26(37(33)28-13-12-27(39-3)18-30(28)42-21-25-10-8-9-14-35-25)16-24(34(38)41-6-2)15-23-17-31-32(44-22-43-31)19-29(23)40-4/h8-10,12-14,16-20H,5-7,11,15,21-22H2,1-4H3/b24-16+. The molecule has 2 aromatic carbocycles. The first kappa shape index (κ1) is 30.5. The minimum absolute atomic E-state index is 0.134. The van der Waals surface area contributed by atoms with Gasteiger partial charge in [-0.05, 0) is 49.8 Å². The summed E-state index contributed by atoms with van der Waals surface area (Å²) in [5.41, 5.74) is 3.45. The van der Waals surface area contributed by atoms with Crippen LogP contribution < -0.4 is 23.7 Å². The molecule has 3 heterocycles. The van der Waals surface area contributed by atoms with E-state index in [2.05, 4.69) is 11.9 Å². The van der Waals surface area contributed by atoms with Crippen molar-refractivity contribution in [1.82, 2.24) is 14.5 Å². The van der Waals surface area contributed by atoms with Crippen LogP contribution in [0.2, 0.25) is 0 Å². The summed E-state index contributed by atoms with van der Waals surface area (Å²) >= 11 is 0. The molecule has 4 aromatic rings. The molecule has 0 radical (unpaired) electrons. The van der Waals surface area contributed by atoms with Crippen LogP contribution in [0.1, 0.15) is 49.5 Å². The number of nitrogens with zero attached hydrogens (tertiary/aromatic N) is 3. The lowest BCUT2D eigenvalue weighted by atomic mass is 10.0. The van der Waals surface area contributed by atoms with E-state index < -0.39 is 5.97 Å². The third-order valence-electron chi connectivity index (χ3n) is 7.14. The van der Waals surface area contributed by atoms with Crippen LogP contribution in [0.15, 0.2) is 66.5 Å². The Morgan fingerprint density at radius 2 is 1.84 bits per heavy atom. The second kappa shape index (κ2) is 14.5. The third kappa shape index (κ3) is 6.96. The van der Waals surface area contributed by atoms with Crippen molar-refractivity contribution in [3.05, 3.63) is 89.3 Å². The first-order valence-electron chi connectivity index (χ1n) is 14.7. The normalized spacial score (nSPS) is 12.2. The quantitative estimate of drug-likeness (QED) is 0.125. The van der Waals surface area contributed by atoms with Crippen LogP contribution in [0, 0.1) is 0 Å². The maximum atomic E-state index is 13.4. The Balaban J connectivity index is 1.60. The molecule has 1 aliphatic heterocycles. The van der Waals surface area contributed by atoms with E-state index in [4.69, 9.17) is 33.4 Å². The van der Waals surface area contributed by atoms with Gasteiger partial charge in [0, 0.05) is 42.3 Å². The number of aromatic nitrogens is 3. The highest BCUT2D eigenvalue weighted by Gasteiger charge is 2.23. The highest BCUT2D eigenvalue weighted by molar-refractivity contribution is 5.94. The number of methoxy groups -OCH3 is 2. The van der Waals surface area contributed by atoms with Crippen molar-refractivity contribution < 1.29 is 33.2 Å². The molecule has 1 aliphatic rings. The van der Waals surface area contributed by atoms with Crippen molar-refractivity contribution in [3.8, 4) is 34.4 Å². The first-order valence-corrected chi connectivity index (χ1v) is 14.7. The molecule has 0 fully saturated rings. The average Bonchev–Trinajstić information content (AvgIpc) is 3.68. The maximum absolute atomic E-state index is 13.4. The minimum Gasteiger partial charge on any atom is -0.497 e. The van der Waals surface area contributed by atoms with Gasteiger partial charge in [-0.1, -0.05) is 19.4 Å². The predicted octanol–water partition coefficient (Wildman–Crippen LogP) is 6.12. The van der Waals surface area contributed by atoms with Gasteiger partial charge in [-0.25, -0.2) is 9.78 Å². The third-order valence-corrected chi connectivity index (χ3v) is 7.14. The van der Waals surface area contributed by atoms with Crippen molar-refractivity contribution in [2.45, 2.75) is 46.1 Å². The van der Waals surface area contributed by atoms with Gasteiger partial charge >= 0.3 is 5.97 Å². The van der Waals surface area contributed by atoms with E-state index in [1.807, 2.05) is 53.1 Å². The fraction of sp³-hybridized carbons (Fsp3) is 0.324. The fourth-order valence-corrected chi connectivity index (χ4v) is 4.94. The molecule has 0 bridgehead atoms. The van der Waals surface area contributed by atoms with Crippen LogP contribution in [-0.4, -0.2) is 48.1 Å². The van der Waals surface area contributed by atoms with Crippen LogP contribution in [-0.2, 0) is 29.0 Å². The number of unbranched alkanes of at least 4 members (excludes halogenated alkanes) is 1. The average molecular weight is 600 g/mol. The second-order valence-corrected chi connectivity index (χ2v) is 10.1. The first-order chi connectivity index (χ1) is 21.5. The van der Waals surface area contributed by atoms with E-state index in [0.29, 0.717) is 40.0 Å². The molecule has 10 nitrogen and oxygen atoms in total. The van der Waals surface area contributed by atoms with Gasteiger partial charge < -0.3 is 28.4 Å². The number of aryl methyl sites for hydroxylation is 1. The number of imidazole rings is 1. The number of pyridine rings is 1. The lowest BCUT2D eigenvalue weighted by molar-refractivity contribution is -0.138. The van der Waals surface area contributed by atoms with E-state index in [0.717, 1.165) is 42.0 Å². The van der Waals surface area contributed by atoms with Crippen LogP contribution in [0.3, 0.4) is 0 Å². The van der Waals surface area contributed by atoms with Gasteiger partial charge in [-0.15, -0.1) is 0 Å². The Kier molecular flexibility index (Phi) is 10.0. The lowest BCUT2D eigenvalue weighted by Crippen LogP contribution is -2.12. The molecule has 0 N–H and O–H groups in total. The summed E-state index contributed by atoms with van der Waals surface area (Å²) in [5, 5.41) is 0. The van der Waals surface area contributed by atoms with Gasteiger partial charge in [0.2, 0.25) is 6.79 Å². The summed E-state index contributed by atoms with van der Waals surface area (Å²) in [5.74, 6) is 3.44. The summed E-state index contributed by atoms with van der Waals surface area (Å²) in [4.78, 5) is 22.5. The summed E-state index contributed by atoms with van der Waals surface area (Å²) in [6, 6.07) is 15.0. The van der Waals surface area contributed by atoms with E-state index in [9.17, 15) is 4.79 Å². The highest BCUT2D eigenvalue weighted by Crippen LogP contribution is 2.39. The zero-order valence-corrected chi connectivity index (χ0v) is 25.5. The van der Waals surface area contributed by atoms with Gasteiger partial charge in [0.25, 0.3) is 0 Å². The maximum Gasteiger partial charge on any atom is 0.334 e. The van der Waals surface area contributed by atoms with Gasteiger partial charge in [0.05, 0.1) is 44.1 Å². The lowest BCUT2D eigenvalue weighted by Gasteiger charge is -2.17. The van der Waals surface area contributed by atoms with Crippen molar-refractivity contribution in [2.75, 3.05) is 27.6 Å². The highest BCUT2D eigenvalue weighted by atomic mass is 16.7. The number of hydrogen-bond acceptors (Lipinski definition) is 9. The summed E-state index contributed by atoms with van der Waals surface area (Å²) in [6.07, 6.45) is 8.24. The Labute approximate surface area is 257 Å². The SMILES string of the molecule is CCCCc1ncc(/C=C(\Cc2cc3c(cc2OC)OCO3)C(=O)OCC)n1-c1ccc(OC)cc1OCc1ccccn1. The molecule has 0 atom stereocenters. The number of rotatable bonds is 14. The van der Waals surface area contributed by atoms with Crippen LogP contribution in [0.25, 0.3) is 11.8 Å². The number of benzene rings is 2. The summed E-state index contributed by atoms with van der Waals surface area (Å²) < 4.78 is 36.1. The Bertz CT molecular complexity index is 1610. The van der Waals surface area contributed by atoms with Gasteiger partial charge in [0.1, 0.15) is 29.7 Å². The van der Waals surface area contributed by atoms with Crippen molar-refractivity contribution >= 4 is 12.0 Å². The molecule has 5 rings (SSSR count). The number of ether oxygens (including phenoxy) is 6. The topological polar surface area (TPSA) is 103 Å². The molecule has 0 saturated carbocycles. The molecule has 0 saturated heterocycles. The molecule has 2 aromatic heterocycles. The largest absolute Gasteiger partial charge is 0.497 e. The number of esters is 1. The number of carbonyl (C=O) groups excluding carboxylic acids is 1. The van der Waals surface area contributed by atoms with Gasteiger partial charge in [-0.2, -0.15) is 0 Å². The number of hydrogen-bond donors (Lipinski definition) is 0. The Morgan fingerprint density at radius 3 is 2.57 bits per heavy atom. The molecule has 0 amide bonds. The molecular formula is C34H37N3O7. The van der Waals surface area contributed by atoms with E-state index in [1.165, 1.54) is 0 Å². The van der Waals surface area contributed by atoms with Crippen molar-refractivity contribution in [2.24, 2.45) is 0 Å². The zero-order chi connectivity index (χ0) is 30.9. The van der Waals surface area contributed by atoms with Crippen LogP contribution in [0.4, 0.5) is 0 Å². The molecular weight excluding hydrogens is 562 g/mol. The predicted molar refractivity (Wildman–Crippen MR) is 165 cm³/mol. The fourth-order valence-electron chi connectivity index (χ4n) is 4.94.